The van der Waals surface area contributed by atoms with Crippen molar-refractivity contribution in [2.45, 2.75) is 52.1 Å². The monoisotopic (exact) mass is 206 g/mol. The Kier molecular flexibility index (Phi) is 3.15. The molecule has 1 saturated carbocycles. The topological polar surface area (TPSA) is 27.8 Å². The van der Waals surface area contributed by atoms with Crippen LogP contribution < -0.4 is 5.32 Å². The zero-order valence-electron chi connectivity index (χ0n) is 9.84. The molecule has 1 aliphatic rings. The Labute approximate surface area is 92.5 Å². The Morgan fingerprint density at radius 3 is 3.07 bits per heavy atom. The number of rotatable bonds is 3. The van der Waals surface area contributed by atoms with Crippen LogP contribution in [0, 0.1) is 5.41 Å². The first-order valence-electron chi connectivity index (χ1n) is 6.01. The van der Waals surface area contributed by atoms with E-state index < -0.39 is 0 Å². The summed E-state index contributed by atoms with van der Waals surface area (Å²) in [6.07, 6.45) is 9.47. The molecular weight excluding hydrogens is 184 g/mol. The minimum absolute atomic E-state index is 0.536. The molecule has 1 atom stereocenters. The molecule has 1 unspecified atom stereocenters. The molecule has 15 heavy (non-hydrogen) atoms. The Morgan fingerprint density at radius 1 is 1.53 bits per heavy atom. The summed E-state index contributed by atoms with van der Waals surface area (Å²) >= 11 is 0. The molecule has 0 aliphatic heterocycles. The number of hydrogen-bond acceptors (Lipinski definition) is 1. The van der Waals surface area contributed by atoms with Gasteiger partial charge in [0.2, 0.25) is 0 Å². The highest BCUT2D eigenvalue weighted by atomic mass is 14.9. The molecule has 0 spiro atoms. The molecule has 1 heterocycles. The van der Waals surface area contributed by atoms with Gasteiger partial charge in [-0.25, -0.2) is 0 Å². The van der Waals surface area contributed by atoms with Gasteiger partial charge in [0, 0.05) is 25.0 Å². The maximum atomic E-state index is 3.66. The van der Waals surface area contributed by atoms with E-state index in [1.165, 1.54) is 31.2 Å². The molecule has 2 rings (SSSR count). The van der Waals surface area contributed by atoms with Gasteiger partial charge in [-0.15, -0.1) is 0 Å². The van der Waals surface area contributed by atoms with E-state index in [0.717, 1.165) is 6.54 Å². The highest BCUT2D eigenvalue weighted by Crippen LogP contribution is 2.35. The quantitative estimate of drug-likeness (QED) is 0.781. The van der Waals surface area contributed by atoms with Crippen LogP contribution >= 0.6 is 0 Å². The SMILES string of the molecule is CC1(C)CCCC(NCc2cc[nH]c2)C1. The van der Waals surface area contributed by atoms with Crippen LogP contribution in [0.25, 0.3) is 0 Å². The lowest BCUT2D eigenvalue weighted by atomic mass is 9.75. The van der Waals surface area contributed by atoms with Crippen molar-refractivity contribution < 1.29 is 0 Å². The van der Waals surface area contributed by atoms with Gasteiger partial charge in [0.05, 0.1) is 0 Å². The Bertz CT molecular complexity index is 287. The smallest absolute Gasteiger partial charge is 0.0223 e. The molecule has 0 bridgehead atoms. The minimum atomic E-state index is 0.536. The standard InChI is InChI=1S/C13H22N2/c1-13(2)6-3-4-12(8-13)15-10-11-5-7-14-9-11/h5,7,9,12,14-15H,3-4,6,8,10H2,1-2H3. The largest absolute Gasteiger partial charge is 0.367 e. The third-order valence-corrected chi connectivity index (χ3v) is 3.46. The van der Waals surface area contributed by atoms with Crippen LogP contribution in [0.3, 0.4) is 0 Å². The van der Waals surface area contributed by atoms with Gasteiger partial charge < -0.3 is 10.3 Å². The van der Waals surface area contributed by atoms with Gasteiger partial charge in [-0.2, -0.15) is 0 Å². The number of aromatic amines is 1. The summed E-state index contributed by atoms with van der Waals surface area (Å²) in [4.78, 5) is 3.09. The van der Waals surface area contributed by atoms with E-state index in [1.54, 1.807) is 0 Å². The second kappa shape index (κ2) is 4.40. The summed E-state index contributed by atoms with van der Waals surface area (Å²) < 4.78 is 0. The van der Waals surface area contributed by atoms with E-state index in [9.17, 15) is 0 Å². The summed E-state index contributed by atoms with van der Waals surface area (Å²) in [5.74, 6) is 0. The molecule has 1 aromatic heterocycles. The molecule has 1 aromatic rings. The van der Waals surface area contributed by atoms with Crippen LogP contribution in [-0.2, 0) is 6.54 Å². The number of H-pyrrole nitrogens is 1. The van der Waals surface area contributed by atoms with E-state index in [4.69, 9.17) is 0 Å². The fourth-order valence-corrected chi connectivity index (χ4v) is 2.60. The molecule has 0 amide bonds. The van der Waals surface area contributed by atoms with Gasteiger partial charge in [0.1, 0.15) is 0 Å². The van der Waals surface area contributed by atoms with Crippen molar-refractivity contribution in [1.29, 1.82) is 0 Å². The number of hydrogen-bond donors (Lipinski definition) is 2. The van der Waals surface area contributed by atoms with Crippen LogP contribution in [0.15, 0.2) is 18.5 Å². The van der Waals surface area contributed by atoms with E-state index in [2.05, 4.69) is 36.4 Å². The van der Waals surface area contributed by atoms with Crippen molar-refractivity contribution in [1.82, 2.24) is 10.3 Å². The van der Waals surface area contributed by atoms with Gasteiger partial charge >= 0.3 is 0 Å². The van der Waals surface area contributed by atoms with Gasteiger partial charge in [-0.3, -0.25) is 0 Å². The Balaban J connectivity index is 1.80. The van der Waals surface area contributed by atoms with Crippen molar-refractivity contribution in [2.75, 3.05) is 0 Å². The maximum Gasteiger partial charge on any atom is 0.0223 e. The first-order valence-corrected chi connectivity index (χ1v) is 6.01. The second-order valence-corrected chi connectivity index (χ2v) is 5.56. The van der Waals surface area contributed by atoms with Gasteiger partial charge in [0.15, 0.2) is 0 Å². The van der Waals surface area contributed by atoms with Crippen LogP contribution in [0.2, 0.25) is 0 Å². The molecule has 0 saturated heterocycles. The lowest BCUT2D eigenvalue weighted by Crippen LogP contribution is -2.36. The molecule has 2 heteroatoms. The fraction of sp³-hybridized carbons (Fsp3) is 0.692. The average molecular weight is 206 g/mol. The van der Waals surface area contributed by atoms with Crippen LogP contribution in [-0.4, -0.2) is 11.0 Å². The molecule has 2 N–H and O–H groups in total. The summed E-state index contributed by atoms with van der Waals surface area (Å²) in [7, 11) is 0. The lowest BCUT2D eigenvalue weighted by molar-refractivity contribution is 0.198. The number of aromatic nitrogens is 1. The first kappa shape index (κ1) is 10.7. The van der Waals surface area contributed by atoms with Crippen molar-refractivity contribution in [3.05, 3.63) is 24.0 Å². The normalized spacial score (nSPS) is 25.3. The minimum Gasteiger partial charge on any atom is -0.367 e. The Hall–Kier alpha value is -0.760. The zero-order chi connectivity index (χ0) is 10.7. The molecule has 1 aliphatic carbocycles. The van der Waals surface area contributed by atoms with E-state index >= 15 is 0 Å². The van der Waals surface area contributed by atoms with Gasteiger partial charge in [-0.1, -0.05) is 20.3 Å². The van der Waals surface area contributed by atoms with Crippen molar-refractivity contribution in [2.24, 2.45) is 5.41 Å². The first-order chi connectivity index (χ1) is 7.16. The molecule has 2 nitrogen and oxygen atoms in total. The third-order valence-electron chi connectivity index (χ3n) is 3.46. The molecule has 84 valence electrons. The molecule has 0 radical (unpaired) electrons. The highest BCUT2D eigenvalue weighted by Gasteiger charge is 2.27. The van der Waals surface area contributed by atoms with E-state index in [1.807, 2.05) is 6.20 Å². The predicted molar refractivity (Wildman–Crippen MR) is 63.7 cm³/mol. The van der Waals surface area contributed by atoms with Crippen molar-refractivity contribution >= 4 is 0 Å². The second-order valence-electron chi connectivity index (χ2n) is 5.56. The number of nitrogens with one attached hydrogen (secondary N) is 2. The predicted octanol–water partition coefficient (Wildman–Crippen LogP) is 3.07. The molecule has 0 aromatic carbocycles. The van der Waals surface area contributed by atoms with E-state index in [-0.39, 0.29) is 0 Å². The van der Waals surface area contributed by atoms with Crippen LogP contribution in [0.4, 0.5) is 0 Å². The summed E-state index contributed by atoms with van der Waals surface area (Å²) in [5.41, 5.74) is 1.90. The van der Waals surface area contributed by atoms with Gasteiger partial charge in [0.25, 0.3) is 0 Å². The van der Waals surface area contributed by atoms with Crippen LogP contribution in [0.5, 0.6) is 0 Å². The molecule has 1 fully saturated rings. The van der Waals surface area contributed by atoms with E-state index in [0.29, 0.717) is 11.5 Å². The fourth-order valence-electron chi connectivity index (χ4n) is 2.60. The summed E-state index contributed by atoms with van der Waals surface area (Å²) in [6.45, 7) is 5.78. The summed E-state index contributed by atoms with van der Waals surface area (Å²) in [5, 5.41) is 3.66. The van der Waals surface area contributed by atoms with Gasteiger partial charge in [-0.05, 0) is 36.3 Å². The van der Waals surface area contributed by atoms with Crippen LogP contribution in [0.1, 0.15) is 45.1 Å². The third kappa shape index (κ3) is 3.10. The average Bonchev–Trinajstić information content (AvgIpc) is 2.65. The maximum absolute atomic E-state index is 3.66. The molecular formula is C13H22N2. The summed E-state index contributed by atoms with van der Waals surface area (Å²) in [6, 6.07) is 2.85. The lowest BCUT2D eigenvalue weighted by Gasteiger charge is -2.35. The zero-order valence-corrected chi connectivity index (χ0v) is 9.84. The Morgan fingerprint density at radius 2 is 2.40 bits per heavy atom. The van der Waals surface area contributed by atoms with Crippen molar-refractivity contribution in [3.63, 3.8) is 0 Å². The highest BCUT2D eigenvalue weighted by molar-refractivity contribution is 5.07. The van der Waals surface area contributed by atoms with Crippen molar-refractivity contribution in [3.8, 4) is 0 Å².